The first-order valence-electron chi connectivity index (χ1n) is 20.7. The summed E-state index contributed by atoms with van der Waals surface area (Å²) in [5, 5.41) is 12.0. The van der Waals surface area contributed by atoms with E-state index in [4.69, 9.17) is 34.5 Å². The molecule has 5 heterocycles. The van der Waals surface area contributed by atoms with Crippen LogP contribution in [0.3, 0.4) is 0 Å². The van der Waals surface area contributed by atoms with Gasteiger partial charge in [-0.3, -0.25) is 16.2 Å². The molecule has 68 heavy (non-hydrogen) atoms. The summed E-state index contributed by atoms with van der Waals surface area (Å²) in [6.07, 6.45) is 5.24. The van der Waals surface area contributed by atoms with Crippen LogP contribution in [0.15, 0.2) is 69.9 Å². The van der Waals surface area contributed by atoms with Gasteiger partial charge in [-0.2, -0.15) is 0 Å². The second-order valence-corrected chi connectivity index (χ2v) is 20.4. The fraction of sp³-hybridized carbons (Fsp3) is 0.489. The number of H-pyrrole nitrogens is 2. The van der Waals surface area contributed by atoms with Crippen molar-refractivity contribution >= 4 is 109 Å². The van der Waals surface area contributed by atoms with Crippen LogP contribution in [0.1, 0.15) is 116 Å². The number of nitro groups is 1. The molecule has 3 saturated heterocycles. The van der Waals surface area contributed by atoms with Gasteiger partial charge in [0.15, 0.2) is 0 Å². The summed E-state index contributed by atoms with van der Waals surface area (Å²) in [6.45, 7) is 34.6. The van der Waals surface area contributed by atoms with E-state index in [1.54, 1.807) is 6.92 Å². The minimum Gasteiger partial charge on any atom is -1.00 e. The number of nitrogens with zero attached hydrogens (tertiary/aromatic N) is 1. The van der Waals surface area contributed by atoms with E-state index in [0.29, 0.717) is 5.46 Å². The van der Waals surface area contributed by atoms with Gasteiger partial charge in [0.05, 0.1) is 48.5 Å². The number of rotatable bonds is 3. The fourth-order valence-electron chi connectivity index (χ4n) is 6.43. The van der Waals surface area contributed by atoms with Crippen molar-refractivity contribution in [1.82, 2.24) is 9.97 Å². The van der Waals surface area contributed by atoms with Gasteiger partial charge in [0, 0.05) is 44.7 Å². The maximum atomic E-state index is 13.9. The first-order chi connectivity index (χ1) is 29.3. The average Bonchev–Trinajstić information content (AvgIpc) is 3.88. The molecule has 3 aliphatic rings. The molecule has 8 rings (SSSR count). The first kappa shape index (κ1) is 65.8. The zero-order valence-electron chi connectivity index (χ0n) is 40.3. The molecule has 370 valence electrons. The summed E-state index contributed by atoms with van der Waals surface area (Å²) in [5.41, 5.74) is 2.18. The van der Waals surface area contributed by atoms with Crippen molar-refractivity contribution in [2.24, 2.45) is 0 Å². The molecule has 11 nitrogen and oxygen atoms in total. The van der Waals surface area contributed by atoms with Crippen LogP contribution in [0.25, 0.3) is 21.8 Å². The van der Waals surface area contributed by atoms with Crippen molar-refractivity contribution in [3.8, 4) is 0 Å². The van der Waals surface area contributed by atoms with Crippen LogP contribution in [0.2, 0.25) is 0 Å². The molecule has 0 saturated carbocycles. The summed E-state index contributed by atoms with van der Waals surface area (Å²) in [7, 11) is -1.51. The van der Waals surface area contributed by atoms with Crippen molar-refractivity contribution < 1.29 is 63.0 Å². The summed E-state index contributed by atoms with van der Waals surface area (Å²) in [5.74, 6) is -0.982. The van der Waals surface area contributed by atoms with E-state index in [1.165, 1.54) is 30.3 Å². The Labute approximate surface area is 446 Å². The quantitative estimate of drug-likeness (QED) is 0.0791. The molecular weight excluding hydrogens is 1090 g/mol. The molecule has 0 atom stereocenters. The Hall–Kier alpha value is -2.17. The number of aromatic amines is 2. The number of nitrogens with one attached hydrogen (secondary N) is 2. The summed E-state index contributed by atoms with van der Waals surface area (Å²) in [6, 6.07) is 9.22. The van der Waals surface area contributed by atoms with Gasteiger partial charge in [-0.15, -0.1) is 0 Å². The van der Waals surface area contributed by atoms with Gasteiger partial charge in [-0.1, -0.05) is 21.8 Å². The Kier molecular flexibility index (Phi) is 24.2. The van der Waals surface area contributed by atoms with E-state index in [1.807, 2.05) is 109 Å². The Morgan fingerprint density at radius 3 is 1.34 bits per heavy atom. The molecule has 0 unspecified atom stereocenters. The standard InChI is InChI=1S/C15H19BFNO2.C12H24B2O4.C9H7BrFN.C6H3BrFNO2.C3H5.2CH4.BrH.Mg/c1-9-8-18-13-11(9)6-10(17)7-12(13)16-19-14(2,3)15(4,5)20-16;1-9(2)10(3,4)16-13(15-9)14-17-11(5,6)12(7,8)18-14;1-5-4-12-9-7(5)2-6(11)3-8(9)10;7-5-3-4(8)1-2-6(5)9(10)11;1-3-2;;;;/h6-8,18H,1-5H3;1-8H3;2-4,12H,1H3;1-3H;1,3H,2H3;2*1H4;1H;/q;;;;-1;;;;+2/p-1. The van der Waals surface area contributed by atoms with Crippen molar-refractivity contribution in [3.05, 3.63) is 115 Å². The van der Waals surface area contributed by atoms with E-state index in [-0.39, 0.29) is 99.1 Å². The van der Waals surface area contributed by atoms with Gasteiger partial charge < -0.3 is 61.5 Å². The molecule has 0 bridgehead atoms. The van der Waals surface area contributed by atoms with Crippen LogP contribution < -0.4 is 22.4 Å². The Bertz CT molecular complexity index is 2410. The van der Waals surface area contributed by atoms with Gasteiger partial charge >= 0.3 is 44.2 Å². The van der Waals surface area contributed by atoms with Crippen LogP contribution in [-0.4, -0.2) is 92.7 Å². The van der Waals surface area contributed by atoms with Crippen LogP contribution >= 0.6 is 31.9 Å². The van der Waals surface area contributed by atoms with Crippen molar-refractivity contribution in [2.75, 3.05) is 0 Å². The third kappa shape index (κ3) is 14.9. The number of aromatic nitrogens is 2. The number of aryl methyl sites for hydroxylation is 2. The number of fused-ring (bicyclic) bond motifs is 2. The number of hydrogen-bond donors (Lipinski definition) is 2. The smallest absolute Gasteiger partial charge is 1.00 e. The molecule has 0 amide bonds. The van der Waals surface area contributed by atoms with Crippen LogP contribution in [-0.2, 0) is 27.9 Å². The topological polar surface area (TPSA) is 130 Å². The zero-order valence-corrected chi connectivity index (χ0v) is 46.4. The monoisotopic (exact) mass is 1150 g/mol. The predicted molar refractivity (Wildman–Crippen MR) is 276 cm³/mol. The summed E-state index contributed by atoms with van der Waals surface area (Å²) >= 11 is 6.16. The molecule has 0 radical (unpaired) electrons. The summed E-state index contributed by atoms with van der Waals surface area (Å²) in [4.78, 5) is 15.9. The zero-order chi connectivity index (χ0) is 48.5. The Balaban J connectivity index is 0.000000867. The van der Waals surface area contributed by atoms with E-state index in [2.05, 4.69) is 41.8 Å². The summed E-state index contributed by atoms with van der Waals surface area (Å²) < 4.78 is 75.9. The predicted octanol–water partition coefficient (Wildman–Crippen LogP) is 9.93. The third-order valence-corrected chi connectivity index (χ3v) is 13.5. The normalized spacial score (nSPS) is 18.3. The van der Waals surface area contributed by atoms with Gasteiger partial charge in [-0.05, 0) is 176 Å². The third-order valence-electron chi connectivity index (χ3n) is 12.3. The van der Waals surface area contributed by atoms with Gasteiger partial charge in [0.2, 0.25) is 0 Å². The first-order valence-corrected chi connectivity index (χ1v) is 22.2. The maximum Gasteiger partial charge on any atom is 2.00 e. The second-order valence-electron chi connectivity index (χ2n) is 18.7. The number of allylic oxidation sites excluding steroid dienone is 1. The molecule has 3 aliphatic heterocycles. The van der Waals surface area contributed by atoms with Crippen molar-refractivity contribution in [2.45, 2.75) is 152 Å². The Morgan fingerprint density at radius 2 is 0.956 bits per heavy atom. The van der Waals surface area contributed by atoms with Crippen LogP contribution in [0, 0.1) is 48.0 Å². The van der Waals surface area contributed by atoms with Crippen LogP contribution in [0.4, 0.5) is 18.9 Å². The van der Waals surface area contributed by atoms with Crippen LogP contribution in [0.5, 0.6) is 0 Å². The molecule has 0 aliphatic carbocycles. The molecular formula is C47H66B3Br3F3MgN3O8. The molecule has 2 aromatic heterocycles. The largest absolute Gasteiger partial charge is 2.00 e. The maximum absolute atomic E-state index is 13.9. The molecule has 21 heteroatoms. The SMILES string of the molecule is C.C.CC1(C)OB(B2OC(C)(C)C(C)(C)O2)OC1(C)C.Cc1c[nH]c2c(B3OC(C)(C)C(C)(C)O3)cc(F)cc12.Cc1c[nH]c2c(Br)cc(F)cc12.O=[N+]([O-])c1ccc(F)cc1Br.[Br-].[CH-]=CC.[Mg+2]. The minimum absolute atomic E-state index is 0. The Morgan fingerprint density at radius 1 is 0.618 bits per heavy atom. The van der Waals surface area contributed by atoms with Gasteiger partial charge in [-0.25, -0.2) is 13.2 Å². The fourth-order valence-corrected chi connectivity index (χ4v) is 7.47. The van der Waals surface area contributed by atoms with Crippen molar-refractivity contribution in [1.29, 1.82) is 0 Å². The number of halogens is 6. The average molecular weight is 1150 g/mol. The molecule has 5 aromatic rings. The van der Waals surface area contributed by atoms with Gasteiger partial charge in [0.25, 0.3) is 5.69 Å². The minimum atomic E-state index is -0.580. The number of nitro benzene ring substituents is 1. The van der Waals surface area contributed by atoms with E-state index in [9.17, 15) is 23.3 Å². The molecule has 3 aromatic carbocycles. The number of benzene rings is 3. The van der Waals surface area contributed by atoms with E-state index in [0.717, 1.165) is 55.6 Å². The van der Waals surface area contributed by atoms with E-state index >= 15 is 0 Å². The van der Waals surface area contributed by atoms with E-state index < -0.39 is 43.1 Å². The second kappa shape index (κ2) is 25.0. The molecule has 3 fully saturated rings. The van der Waals surface area contributed by atoms with Gasteiger partial charge in [0.1, 0.15) is 17.5 Å². The molecule has 2 N–H and O–H groups in total. The number of hydrogen-bond acceptors (Lipinski definition) is 8. The van der Waals surface area contributed by atoms with Crippen molar-refractivity contribution in [3.63, 3.8) is 0 Å². The molecule has 0 spiro atoms.